The molecule has 0 atom stereocenters. The maximum absolute atomic E-state index is 12.9. The molecule has 0 aliphatic rings. The van der Waals surface area contributed by atoms with E-state index in [2.05, 4.69) is 0 Å². The summed E-state index contributed by atoms with van der Waals surface area (Å²) < 4.78 is 18.6. The molecule has 0 fully saturated rings. The molecule has 72 valence electrons. The second-order valence-electron chi connectivity index (χ2n) is 2.76. The van der Waals surface area contributed by atoms with E-state index >= 15 is 0 Å². The summed E-state index contributed by atoms with van der Waals surface area (Å²) in [6, 6.07) is 5.85. The summed E-state index contributed by atoms with van der Waals surface area (Å²) in [7, 11) is 0. The van der Waals surface area contributed by atoms with E-state index in [0.29, 0.717) is 14.9 Å². The van der Waals surface area contributed by atoms with Gasteiger partial charge in [-0.25, -0.2) is 4.39 Å². The van der Waals surface area contributed by atoms with Gasteiger partial charge in [-0.15, -0.1) is 0 Å². The highest BCUT2D eigenvalue weighted by Crippen LogP contribution is 2.34. The second-order valence-corrected chi connectivity index (χ2v) is 3.92. The highest BCUT2D eigenvalue weighted by atomic mass is 127. The Morgan fingerprint density at radius 3 is 2.71 bits per heavy atom. The summed E-state index contributed by atoms with van der Waals surface area (Å²) in [6.45, 7) is 0. The van der Waals surface area contributed by atoms with Crippen molar-refractivity contribution in [2.24, 2.45) is 0 Å². The Bertz CT molecular complexity index is 428. The number of furan rings is 1. The van der Waals surface area contributed by atoms with Gasteiger partial charge in [0.25, 0.3) is 0 Å². The predicted molar refractivity (Wildman–Crippen MR) is 58.5 cm³/mol. The van der Waals surface area contributed by atoms with E-state index in [1.54, 1.807) is 12.1 Å². The summed E-state index contributed by atoms with van der Waals surface area (Å²) in [6.07, 6.45) is 1.51. The van der Waals surface area contributed by atoms with Crippen LogP contribution in [0.4, 0.5) is 4.39 Å². The van der Waals surface area contributed by atoms with Gasteiger partial charge in [-0.1, -0.05) is 0 Å². The quantitative estimate of drug-likeness (QED) is 0.819. The lowest BCUT2D eigenvalue weighted by Gasteiger charge is -2.04. The molecule has 0 radical (unpaired) electrons. The van der Waals surface area contributed by atoms with E-state index < -0.39 is 5.82 Å². The Morgan fingerprint density at radius 2 is 2.14 bits per heavy atom. The number of halogens is 2. The summed E-state index contributed by atoms with van der Waals surface area (Å²) in [4.78, 5) is 0. The van der Waals surface area contributed by atoms with Crippen molar-refractivity contribution >= 4 is 22.6 Å². The van der Waals surface area contributed by atoms with Gasteiger partial charge in [0.15, 0.2) is 0 Å². The molecule has 0 bridgehead atoms. The highest BCUT2D eigenvalue weighted by Gasteiger charge is 2.12. The van der Waals surface area contributed by atoms with Crippen LogP contribution in [0.15, 0.2) is 34.9 Å². The molecular formula is C10H6FIO2. The minimum absolute atomic E-state index is 0.107. The maximum atomic E-state index is 12.9. The maximum Gasteiger partial charge on any atom is 0.138 e. The smallest absolute Gasteiger partial charge is 0.138 e. The molecule has 0 saturated carbocycles. The van der Waals surface area contributed by atoms with Crippen molar-refractivity contribution in [2.75, 3.05) is 0 Å². The monoisotopic (exact) mass is 304 g/mol. The van der Waals surface area contributed by atoms with Crippen LogP contribution >= 0.6 is 22.6 Å². The number of phenols is 1. The molecule has 1 aromatic heterocycles. The van der Waals surface area contributed by atoms with Gasteiger partial charge in [0.2, 0.25) is 0 Å². The van der Waals surface area contributed by atoms with Crippen molar-refractivity contribution < 1.29 is 13.9 Å². The summed E-state index contributed by atoms with van der Waals surface area (Å²) in [5.74, 6) is -0.0292. The SMILES string of the molecule is Oc1cc(F)cc(I)c1-c1ccco1. The molecule has 0 amide bonds. The van der Waals surface area contributed by atoms with Crippen molar-refractivity contribution in [3.8, 4) is 17.1 Å². The van der Waals surface area contributed by atoms with Gasteiger partial charge in [0.1, 0.15) is 17.3 Å². The van der Waals surface area contributed by atoms with E-state index in [1.807, 2.05) is 22.6 Å². The van der Waals surface area contributed by atoms with Crippen LogP contribution < -0.4 is 0 Å². The number of benzene rings is 1. The molecule has 14 heavy (non-hydrogen) atoms. The van der Waals surface area contributed by atoms with Gasteiger partial charge < -0.3 is 9.52 Å². The van der Waals surface area contributed by atoms with Crippen LogP contribution in [0.3, 0.4) is 0 Å². The van der Waals surface area contributed by atoms with Crippen LogP contribution in [-0.4, -0.2) is 5.11 Å². The van der Waals surface area contributed by atoms with Gasteiger partial charge in [-0.2, -0.15) is 0 Å². The number of hydrogen-bond acceptors (Lipinski definition) is 2. The molecule has 0 aliphatic heterocycles. The average molecular weight is 304 g/mol. The topological polar surface area (TPSA) is 33.4 Å². The lowest BCUT2D eigenvalue weighted by Crippen LogP contribution is -1.84. The van der Waals surface area contributed by atoms with Gasteiger partial charge >= 0.3 is 0 Å². The molecule has 0 aliphatic carbocycles. The minimum Gasteiger partial charge on any atom is -0.507 e. The first-order chi connectivity index (χ1) is 6.68. The number of phenolic OH excluding ortho intramolecular Hbond substituents is 1. The lowest BCUT2D eigenvalue weighted by atomic mass is 10.1. The molecule has 1 N–H and O–H groups in total. The fourth-order valence-corrected chi connectivity index (χ4v) is 2.06. The first-order valence-corrected chi connectivity index (χ1v) is 4.98. The van der Waals surface area contributed by atoms with E-state index in [4.69, 9.17) is 4.42 Å². The molecule has 1 heterocycles. The largest absolute Gasteiger partial charge is 0.507 e. The van der Waals surface area contributed by atoms with Crippen LogP contribution in [0.2, 0.25) is 0 Å². The number of rotatable bonds is 1. The lowest BCUT2D eigenvalue weighted by molar-refractivity contribution is 0.467. The fraction of sp³-hybridized carbons (Fsp3) is 0. The molecule has 4 heteroatoms. The summed E-state index contributed by atoms with van der Waals surface area (Å²) in [5.41, 5.74) is 0.525. The zero-order valence-electron chi connectivity index (χ0n) is 7.00. The summed E-state index contributed by atoms with van der Waals surface area (Å²) in [5, 5.41) is 9.54. The third-order valence-corrected chi connectivity index (χ3v) is 2.65. The molecule has 1 aromatic carbocycles. The van der Waals surface area contributed by atoms with E-state index in [-0.39, 0.29) is 5.75 Å². The molecule has 2 nitrogen and oxygen atoms in total. The van der Waals surface area contributed by atoms with Crippen LogP contribution in [0, 0.1) is 9.39 Å². The second kappa shape index (κ2) is 3.61. The first-order valence-electron chi connectivity index (χ1n) is 3.90. The van der Waals surface area contributed by atoms with Crippen LogP contribution in [0.1, 0.15) is 0 Å². The normalized spacial score (nSPS) is 10.4. The third-order valence-electron chi connectivity index (χ3n) is 1.80. The first kappa shape index (κ1) is 9.51. The molecule has 2 aromatic rings. The van der Waals surface area contributed by atoms with Crippen LogP contribution in [0.25, 0.3) is 11.3 Å². The predicted octanol–water partition coefficient (Wildman–Crippen LogP) is 3.40. The van der Waals surface area contributed by atoms with Gasteiger partial charge in [-0.3, -0.25) is 0 Å². The molecule has 0 unspecified atom stereocenters. The Morgan fingerprint density at radius 1 is 1.36 bits per heavy atom. The highest BCUT2D eigenvalue weighted by molar-refractivity contribution is 14.1. The molecular weight excluding hydrogens is 298 g/mol. The van der Waals surface area contributed by atoms with E-state index in [1.165, 1.54) is 12.3 Å². The van der Waals surface area contributed by atoms with Crippen molar-refractivity contribution in [3.63, 3.8) is 0 Å². The summed E-state index contributed by atoms with van der Waals surface area (Å²) >= 11 is 1.95. The Kier molecular flexibility index (Phi) is 2.45. The van der Waals surface area contributed by atoms with Crippen molar-refractivity contribution in [1.29, 1.82) is 0 Å². The third kappa shape index (κ3) is 1.61. The molecule has 0 spiro atoms. The van der Waals surface area contributed by atoms with Crippen LogP contribution in [0.5, 0.6) is 5.75 Å². The number of hydrogen-bond donors (Lipinski definition) is 1. The zero-order chi connectivity index (χ0) is 10.1. The molecule has 0 saturated heterocycles. The fourth-order valence-electron chi connectivity index (χ4n) is 1.22. The van der Waals surface area contributed by atoms with Crippen molar-refractivity contribution in [2.45, 2.75) is 0 Å². The minimum atomic E-state index is -0.456. The molecule has 2 rings (SSSR count). The Hall–Kier alpha value is -1.04. The van der Waals surface area contributed by atoms with Gasteiger partial charge in [0.05, 0.1) is 11.8 Å². The van der Waals surface area contributed by atoms with Gasteiger partial charge in [-0.05, 0) is 40.8 Å². The Labute approximate surface area is 93.5 Å². The standard InChI is InChI=1S/C10H6FIO2/c11-6-4-7(12)10(8(13)5-6)9-2-1-3-14-9/h1-5,13H. The van der Waals surface area contributed by atoms with Crippen molar-refractivity contribution in [3.05, 3.63) is 39.9 Å². The van der Waals surface area contributed by atoms with Gasteiger partial charge in [0, 0.05) is 9.64 Å². The average Bonchev–Trinajstić information content (AvgIpc) is 2.54. The van der Waals surface area contributed by atoms with Crippen LogP contribution in [-0.2, 0) is 0 Å². The number of aromatic hydroxyl groups is 1. The van der Waals surface area contributed by atoms with Crippen molar-refractivity contribution in [1.82, 2.24) is 0 Å². The van der Waals surface area contributed by atoms with E-state index in [9.17, 15) is 9.50 Å². The van der Waals surface area contributed by atoms with E-state index in [0.717, 1.165) is 6.07 Å². The Balaban J connectivity index is 2.64. The zero-order valence-corrected chi connectivity index (χ0v) is 9.16.